The Hall–Kier alpha value is -2.16. The second kappa shape index (κ2) is 6.14. The molecule has 0 saturated heterocycles. The minimum absolute atomic E-state index is 0.206. The minimum atomic E-state index is -0.206. The molecule has 0 saturated carbocycles. The number of benzene rings is 1. The zero-order chi connectivity index (χ0) is 13.7. The van der Waals surface area contributed by atoms with E-state index in [2.05, 4.69) is 13.0 Å². The number of nitrogens with zero attached hydrogens (tertiary/aromatic N) is 1. The van der Waals surface area contributed by atoms with Gasteiger partial charge in [0.15, 0.2) is 0 Å². The largest absolute Gasteiger partial charge is 0.270 e. The van der Waals surface area contributed by atoms with Crippen LogP contribution >= 0.6 is 0 Å². The van der Waals surface area contributed by atoms with E-state index < -0.39 is 0 Å². The van der Waals surface area contributed by atoms with Gasteiger partial charge in [0.1, 0.15) is 0 Å². The van der Waals surface area contributed by atoms with Crippen molar-refractivity contribution in [1.82, 2.24) is 4.90 Å². The molecule has 2 amide bonds. The number of carbonyl (C=O) groups is 2. The number of hydrogen-bond acceptors (Lipinski definition) is 2. The van der Waals surface area contributed by atoms with Crippen LogP contribution in [0.15, 0.2) is 48.6 Å². The van der Waals surface area contributed by atoms with Gasteiger partial charge in [0.25, 0.3) is 11.8 Å². The predicted molar refractivity (Wildman–Crippen MR) is 75.0 cm³/mol. The molecule has 0 bridgehead atoms. The highest BCUT2D eigenvalue weighted by Gasteiger charge is 2.33. The summed E-state index contributed by atoms with van der Waals surface area (Å²) in [4.78, 5) is 25.3. The van der Waals surface area contributed by atoms with E-state index >= 15 is 0 Å². The van der Waals surface area contributed by atoms with Gasteiger partial charge < -0.3 is 0 Å². The molecule has 0 aromatic heterocycles. The molecule has 98 valence electrons. The molecular weight excluding hydrogens is 238 g/mol. The van der Waals surface area contributed by atoms with Crippen molar-refractivity contribution < 1.29 is 9.59 Å². The van der Waals surface area contributed by atoms with Crippen molar-refractivity contribution in [2.75, 3.05) is 6.54 Å². The molecule has 19 heavy (non-hydrogen) atoms. The summed E-state index contributed by atoms with van der Waals surface area (Å²) in [6.45, 7) is 2.44. The van der Waals surface area contributed by atoms with Gasteiger partial charge in [-0.05, 0) is 18.6 Å². The first-order valence-electron chi connectivity index (χ1n) is 6.52. The van der Waals surface area contributed by atoms with Crippen LogP contribution in [0.25, 0.3) is 0 Å². The van der Waals surface area contributed by atoms with Gasteiger partial charge in [0, 0.05) is 6.54 Å². The summed E-state index contributed by atoms with van der Waals surface area (Å²) in [6, 6.07) is 6.94. The SMILES string of the molecule is CCC/C=C/C=C/CN1C(=O)c2ccccc2C1=O. The van der Waals surface area contributed by atoms with E-state index in [-0.39, 0.29) is 11.8 Å². The second-order valence-corrected chi connectivity index (χ2v) is 4.41. The Labute approximate surface area is 113 Å². The number of amides is 2. The van der Waals surface area contributed by atoms with Crippen LogP contribution in [0.2, 0.25) is 0 Å². The van der Waals surface area contributed by atoms with E-state index in [0.717, 1.165) is 12.8 Å². The number of hydrogen-bond donors (Lipinski definition) is 0. The Morgan fingerprint density at radius 2 is 1.58 bits per heavy atom. The number of rotatable bonds is 5. The van der Waals surface area contributed by atoms with Gasteiger partial charge in [-0.2, -0.15) is 0 Å². The Morgan fingerprint density at radius 1 is 1.00 bits per heavy atom. The van der Waals surface area contributed by atoms with Crippen LogP contribution in [0.4, 0.5) is 0 Å². The van der Waals surface area contributed by atoms with E-state index in [1.165, 1.54) is 4.90 Å². The van der Waals surface area contributed by atoms with Crippen molar-refractivity contribution in [3.8, 4) is 0 Å². The summed E-state index contributed by atoms with van der Waals surface area (Å²) >= 11 is 0. The monoisotopic (exact) mass is 255 g/mol. The molecule has 1 heterocycles. The third-order valence-corrected chi connectivity index (χ3v) is 3.00. The lowest BCUT2D eigenvalue weighted by molar-refractivity contribution is 0.0672. The van der Waals surface area contributed by atoms with E-state index in [0.29, 0.717) is 17.7 Å². The lowest BCUT2D eigenvalue weighted by Crippen LogP contribution is -2.29. The first-order chi connectivity index (χ1) is 9.25. The van der Waals surface area contributed by atoms with Crippen molar-refractivity contribution >= 4 is 11.8 Å². The molecule has 0 fully saturated rings. The van der Waals surface area contributed by atoms with E-state index in [1.54, 1.807) is 24.3 Å². The van der Waals surface area contributed by atoms with Crippen molar-refractivity contribution in [1.29, 1.82) is 0 Å². The maximum absolute atomic E-state index is 12.0. The molecule has 1 aromatic carbocycles. The number of unbranched alkanes of at least 4 members (excludes halogenated alkanes) is 1. The Bertz CT molecular complexity index is 508. The zero-order valence-corrected chi connectivity index (χ0v) is 11.0. The molecule has 2 rings (SSSR count). The van der Waals surface area contributed by atoms with Crippen molar-refractivity contribution in [3.05, 3.63) is 59.7 Å². The highest BCUT2D eigenvalue weighted by atomic mass is 16.2. The standard InChI is InChI=1S/C16H17NO2/c1-2-3-4-5-6-9-12-17-15(18)13-10-7-8-11-14(13)16(17)19/h4-11H,2-3,12H2,1H3/b5-4+,9-6+. The minimum Gasteiger partial charge on any atom is -0.270 e. The van der Waals surface area contributed by atoms with Gasteiger partial charge in [-0.15, -0.1) is 0 Å². The molecule has 0 unspecified atom stereocenters. The Morgan fingerprint density at radius 3 is 2.16 bits per heavy atom. The van der Waals surface area contributed by atoms with Crippen molar-refractivity contribution in [2.24, 2.45) is 0 Å². The van der Waals surface area contributed by atoms with E-state index in [1.807, 2.05) is 18.2 Å². The fourth-order valence-electron chi connectivity index (χ4n) is 1.99. The normalized spacial score (nSPS) is 14.9. The lowest BCUT2D eigenvalue weighted by atomic mass is 10.1. The van der Waals surface area contributed by atoms with Gasteiger partial charge >= 0.3 is 0 Å². The zero-order valence-electron chi connectivity index (χ0n) is 11.0. The molecule has 0 atom stereocenters. The van der Waals surface area contributed by atoms with Crippen molar-refractivity contribution in [2.45, 2.75) is 19.8 Å². The fourth-order valence-corrected chi connectivity index (χ4v) is 1.99. The van der Waals surface area contributed by atoms with Crippen LogP contribution in [-0.2, 0) is 0 Å². The molecule has 1 aromatic rings. The van der Waals surface area contributed by atoms with E-state index in [4.69, 9.17) is 0 Å². The highest BCUT2D eigenvalue weighted by Crippen LogP contribution is 2.21. The Balaban J connectivity index is 2.01. The van der Waals surface area contributed by atoms with Crippen LogP contribution < -0.4 is 0 Å². The average Bonchev–Trinajstić information content (AvgIpc) is 2.68. The topological polar surface area (TPSA) is 37.4 Å². The highest BCUT2D eigenvalue weighted by molar-refractivity contribution is 6.21. The third-order valence-electron chi connectivity index (χ3n) is 3.00. The van der Waals surface area contributed by atoms with Crippen LogP contribution in [0, 0.1) is 0 Å². The second-order valence-electron chi connectivity index (χ2n) is 4.41. The molecular formula is C16H17NO2. The van der Waals surface area contributed by atoms with Crippen LogP contribution in [0.1, 0.15) is 40.5 Å². The van der Waals surface area contributed by atoms with Gasteiger partial charge in [0.2, 0.25) is 0 Å². The predicted octanol–water partition coefficient (Wildman–Crippen LogP) is 3.20. The quantitative estimate of drug-likeness (QED) is 0.598. The summed E-state index contributed by atoms with van der Waals surface area (Å²) in [5.41, 5.74) is 1.00. The number of allylic oxidation sites excluding steroid dienone is 3. The first kappa shape index (κ1) is 13.3. The van der Waals surface area contributed by atoms with Gasteiger partial charge in [0.05, 0.1) is 11.1 Å². The average molecular weight is 255 g/mol. The number of imide groups is 1. The first-order valence-corrected chi connectivity index (χ1v) is 6.52. The summed E-state index contributed by atoms with van der Waals surface area (Å²) in [6.07, 6.45) is 9.87. The molecule has 1 aliphatic rings. The molecule has 3 nitrogen and oxygen atoms in total. The van der Waals surface area contributed by atoms with Crippen molar-refractivity contribution in [3.63, 3.8) is 0 Å². The van der Waals surface area contributed by atoms with Gasteiger partial charge in [-0.3, -0.25) is 14.5 Å². The molecule has 3 heteroatoms. The van der Waals surface area contributed by atoms with Crippen LogP contribution in [0.3, 0.4) is 0 Å². The maximum atomic E-state index is 12.0. The fraction of sp³-hybridized carbons (Fsp3) is 0.250. The summed E-state index contributed by atoms with van der Waals surface area (Å²) in [5.74, 6) is -0.412. The van der Waals surface area contributed by atoms with Gasteiger partial charge in [-0.25, -0.2) is 0 Å². The summed E-state index contributed by atoms with van der Waals surface area (Å²) in [7, 11) is 0. The molecule has 0 aliphatic carbocycles. The summed E-state index contributed by atoms with van der Waals surface area (Å²) in [5, 5.41) is 0. The third kappa shape index (κ3) is 2.81. The molecule has 0 spiro atoms. The van der Waals surface area contributed by atoms with Crippen LogP contribution in [0.5, 0.6) is 0 Å². The number of carbonyl (C=O) groups excluding carboxylic acids is 2. The number of fused-ring (bicyclic) bond motifs is 1. The van der Waals surface area contributed by atoms with Gasteiger partial charge in [-0.1, -0.05) is 49.8 Å². The van der Waals surface area contributed by atoms with Crippen LogP contribution in [-0.4, -0.2) is 23.3 Å². The Kier molecular flexibility index (Phi) is 4.29. The molecule has 0 radical (unpaired) electrons. The molecule has 0 N–H and O–H groups in total. The molecule has 1 aliphatic heterocycles. The lowest BCUT2D eigenvalue weighted by Gasteiger charge is -2.09. The smallest absolute Gasteiger partial charge is 0.261 e. The van der Waals surface area contributed by atoms with E-state index in [9.17, 15) is 9.59 Å². The summed E-state index contributed by atoms with van der Waals surface area (Å²) < 4.78 is 0. The maximum Gasteiger partial charge on any atom is 0.261 e.